The van der Waals surface area contributed by atoms with Crippen LogP contribution in [0.15, 0.2) is 47.1 Å². The number of halogens is 1. The van der Waals surface area contributed by atoms with Crippen molar-refractivity contribution in [3.63, 3.8) is 0 Å². The SMILES string of the molecule is COc1ccccc1C(=O)Cc1ccc(Br)cn1. The number of aromatic nitrogens is 1. The number of carbonyl (C=O) groups excluding carboxylic acids is 1. The summed E-state index contributed by atoms with van der Waals surface area (Å²) in [5.74, 6) is 0.599. The number of hydrogen-bond acceptors (Lipinski definition) is 3. The third kappa shape index (κ3) is 2.96. The van der Waals surface area contributed by atoms with E-state index in [9.17, 15) is 4.79 Å². The highest BCUT2D eigenvalue weighted by molar-refractivity contribution is 9.10. The Balaban J connectivity index is 2.19. The second kappa shape index (κ2) is 5.78. The number of ether oxygens (including phenoxy) is 1. The zero-order valence-corrected chi connectivity index (χ0v) is 11.5. The fourth-order valence-electron chi connectivity index (χ4n) is 1.65. The van der Waals surface area contributed by atoms with Gasteiger partial charge in [0.2, 0.25) is 0 Å². The van der Waals surface area contributed by atoms with Gasteiger partial charge in [-0.05, 0) is 40.2 Å². The van der Waals surface area contributed by atoms with E-state index in [1.165, 1.54) is 0 Å². The first-order valence-corrected chi connectivity index (χ1v) is 6.26. The minimum absolute atomic E-state index is 0.00210. The van der Waals surface area contributed by atoms with Crippen LogP contribution in [0.1, 0.15) is 16.1 Å². The fourth-order valence-corrected chi connectivity index (χ4v) is 1.88. The van der Waals surface area contributed by atoms with E-state index in [2.05, 4.69) is 20.9 Å². The molecule has 18 heavy (non-hydrogen) atoms. The molecule has 0 atom stereocenters. The Morgan fingerprint density at radius 2 is 2.06 bits per heavy atom. The lowest BCUT2D eigenvalue weighted by atomic mass is 10.1. The molecule has 92 valence electrons. The second-order valence-electron chi connectivity index (χ2n) is 3.77. The number of carbonyl (C=O) groups is 1. The van der Waals surface area contributed by atoms with Gasteiger partial charge in [0.25, 0.3) is 0 Å². The molecule has 0 spiro atoms. The van der Waals surface area contributed by atoms with Gasteiger partial charge in [0.15, 0.2) is 5.78 Å². The van der Waals surface area contributed by atoms with Crippen LogP contribution in [0, 0.1) is 0 Å². The Hall–Kier alpha value is -1.68. The largest absolute Gasteiger partial charge is 0.496 e. The number of methoxy groups -OCH3 is 1. The molecule has 3 nitrogen and oxygen atoms in total. The quantitative estimate of drug-likeness (QED) is 0.814. The summed E-state index contributed by atoms with van der Waals surface area (Å²) < 4.78 is 6.07. The van der Waals surface area contributed by atoms with Crippen molar-refractivity contribution in [3.05, 3.63) is 58.3 Å². The predicted octanol–water partition coefficient (Wildman–Crippen LogP) is 3.28. The van der Waals surface area contributed by atoms with E-state index in [-0.39, 0.29) is 12.2 Å². The minimum atomic E-state index is 0.00210. The predicted molar refractivity (Wildman–Crippen MR) is 73.0 cm³/mol. The molecule has 0 radical (unpaired) electrons. The topological polar surface area (TPSA) is 39.2 Å². The number of benzene rings is 1. The zero-order valence-electron chi connectivity index (χ0n) is 9.89. The van der Waals surface area contributed by atoms with E-state index in [1.54, 1.807) is 25.4 Å². The molecule has 0 amide bonds. The normalized spacial score (nSPS) is 10.1. The van der Waals surface area contributed by atoms with Crippen molar-refractivity contribution in [2.75, 3.05) is 7.11 Å². The van der Waals surface area contributed by atoms with Gasteiger partial charge < -0.3 is 4.74 Å². The Morgan fingerprint density at radius 3 is 2.72 bits per heavy atom. The first kappa shape index (κ1) is 12.8. The van der Waals surface area contributed by atoms with Crippen molar-refractivity contribution in [2.45, 2.75) is 6.42 Å². The summed E-state index contributed by atoms with van der Waals surface area (Å²) in [5.41, 5.74) is 1.33. The maximum atomic E-state index is 12.1. The molecule has 0 saturated heterocycles. The average Bonchev–Trinajstić information content (AvgIpc) is 2.41. The lowest BCUT2D eigenvalue weighted by molar-refractivity contribution is 0.0989. The summed E-state index contributed by atoms with van der Waals surface area (Å²) in [5, 5.41) is 0. The third-order valence-electron chi connectivity index (χ3n) is 2.54. The number of para-hydroxylation sites is 1. The van der Waals surface area contributed by atoms with Crippen molar-refractivity contribution >= 4 is 21.7 Å². The number of hydrogen-bond donors (Lipinski definition) is 0. The van der Waals surface area contributed by atoms with Crippen LogP contribution in [0.5, 0.6) is 5.75 Å². The highest BCUT2D eigenvalue weighted by atomic mass is 79.9. The highest BCUT2D eigenvalue weighted by Gasteiger charge is 2.12. The lowest BCUT2D eigenvalue weighted by Crippen LogP contribution is -2.06. The van der Waals surface area contributed by atoms with Crippen LogP contribution in [-0.2, 0) is 6.42 Å². The van der Waals surface area contributed by atoms with Gasteiger partial charge in [0.05, 0.1) is 19.1 Å². The molecule has 0 aliphatic heterocycles. The van der Waals surface area contributed by atoms with Crippen molar-refractivity contribution in [2.24, 2.45) is 0 Å². The van der Waals surface area contributed by atoms with Gasteiger partial charge in [0.1, 0.15) is 5.75 Å². The molecule has 1 aromatic heterocycles. The molecule has 0 aliphatic carbocycles. The lowest BCUT2D eigenvalue weighted by Gasteiger charge is -2.06. The van der Waals surface area contributed by atoms with E-state index in [0.29, 0.717) is 11.3 Å². The van der Waals surface area contributed by atoms with Crippen molar-refractivity contribution in [3.8, 4) is 5.75 Å². The maximum absolute atomic E-state index is 12.1. The third-order valence-corrected chi connectivity index (χ3v) is 3.01. The highest BCUT2D eigenvalue weighted by Crippen LogP contribution is 2.19. The van der Waals surface area contributed by atoms with E-state index >= 15 is 0 Å². The molecule has 0 unspecified atom stereocenters. The molecule has 2 aromatic rings. The number of rotatable bonds is 4. The van der Waals surface area contributed by atoms with E-state index in [4.69, 9.17) is 4.74 Å². The molecular formula is C14H12BrNO2. The maximum Gasteiger partial charge on any atom is 0.172 e. The standard InChI is InChI=1S/C14H12BrNO2/c1-18-14-5-3-2-4-12(14)13(17)8-11-7-6-10(15)9-16-11/h2-7,9H,8H2,1H3. The monoisotopic (exact) mass is 305 g/mol. The molecular weight excluding hydrogens is 294 g/mol. The van der Waals surface area contributed by atoms with E-state index in [1.807, 2.05) is 24.3 Å². The minimum Gasteiger partial charge on any atom is -0.496 e. The summed E-state index contributed by atoms with van der Waals surface area (Å²) in [6, 6.07) is 10.9. The Morgan fingerprint density at radius 1 is 1.28 bits per heavy atom. The molecule has 4 heteroatoms. The summed E-state index contributed by atoms with van der Waals surface area (Å²) in [6.07, 6.45) is 1.96. The molecule has 0 aliphatic rings. The number of Topliss-reactive ketones (excluding diaryl/α,β-unsaturated/α-hetero) is 1. The van der Waals surface area contributed by atoms with Gasteiger partial charge in [-0.15, -0.1) is 0 Å². The van der Waals surface area contributed by atoms with Crippen molar-refractivity contribution in [1.82, 2.24) is 4.98 Å². The molecule has 0 fully saturated rings. The average molecular weight is 306 g/mol. The van der Waals surface area contributed by atoms with Crippen molar-refractivity contribution in [1.29, 1.82) is 0 Å². The Labute approximate surface area is 114 Å². The van der Waals surface area contributed by atoms with Gasteiger partial charge in [-0.25, -0.2) is 0 Å². The van der Waals surface area contributed by atoms with Gasteiger partial charge >= 0.3 is 0 Å². The van der Waals surface area contributed by atoms with Gasteiger partial charge in [0, 0.05) is 16.4 Å². The van der Waals surface area contributed by atoms with Crippen LogP contribution in [0.4, 0.5) is 0 Å². The van der Waals surface area contributed by atoms with Gasteiger partial charge in [-0.1, -0.05) is 12.1 Å². The van der Waals surface area contributed by atoms with Crippen LogP contribution < -0.4 is 4.74 Å². The molecule has 0 saturated carbocycles. The zero-order chi connectivity index (χ0) is 13.0. The second-order valence-corrected chi connectivity index (χ2v) is 4.68. The summed E-state index contributed by atoms with van der Waals surface area (Å²) in [6.45, 7) is 0. The van der Waals surface area contributed by atoms with E-state index in [0.717, 1.165) is 10.2 Å². The molecule has 2 rings (SSSR count). The fraction of sp³-hybridized carbons (Fsp3) is 0.143. The first-order valence-electron chi connectivity index (χ1n) is 5.47. The van der Waals surface area contributed by atoms with Crippen LogP contribution in [0.2, 0.25) is 0 Å². The molecule has 0 bridgehead atoms. The smallest absolute Gasteiger partial charge is 0.172 e. The van der Waals surface area contributed by atoms with Gasteiger partial charge in [-0.2, -0.15) is 0 Å². The first-order chi connectivity index (χ1) is 8.70. The summed E-state index contributed by atoms with van der Waals surface area (Å²) >= 11 is 3.31. The van der Waals surface area contributed by atoms with Crippen LogP contribution in [0.25, 0.3) is 0 Å². The van der Waals surface area contributed by atoms with Crippen LogP contribution in [-0.4, -0.2) is 17.9 Å². The number of pyridine rings is 1. The van der Waals surface area contributed by atoms with Crippen molar-refractivity contribution < 1.29 is 9.53 Å². The molecule has 1 heterocycles. The van der Waals surface area contributed by atoms with Gasteiger partial charge in [-0.3, -0.25) is 9.78 Å². The Bertz CT molecular complexity index is 552. The van der Waals surface area contributed by atoms with Crippen LogP contribution >= 0.6 is 15.9 Å². The van der Waals surface area contributed by atoms with E-state index < -0.39 is 0 Å². The molecule has 0 N–H and O–H groups in total. The summed E-state index contributed by atoms with van der Waals surface area (Å²) in [4.78, 5) is 16.3. The Kier molecular flexibility index (Phi) is 4.10. The summed E-state index contributed by atoms with van der Waals surface area (Å²) in [7, 11) is 1.56. The number of nitrogens with zero attached hydrogens (tertiary/aromatic N) is 1. The molecule has 1 aromatic carbocycles. The number of ketones is 1. The van der Waals surface area contributed by atoms with Crippen LogP contribution in [0.3, 0.4) is 0 Å².